The maximum Gasteiger partial charge on any atom is -0.0360 e. The predicted octanol–water partition coefficient (Wildman–Crippen LogP) is 4.64. The van der Waals surface area contributed by atoms with Crippen molar-refractivity contribution in [3.8, 4) is 0 Å². The molecule has 1 fully saturated rings. The molecule has 1 saturated carbocycles. The van der Waals surface area contributed by atoms with E-state index in [2.05, 4.69) is 20.8 Å². The molecule has 1 rings (SSSR count). The minimum absolute atomic E-state index is 1.00. The van der Waals surface area contributed by atoms with Crippen LogP contribution in [-0.4, -0.2) is 0 Å². The van der Waals surface area contributed by atoms with Crippen LogP contribution < -0.4 is 0 Å². The van der Waals surface area contributed by atoms with E-state index in [0.717, 1.165) is 17.8 Å². The van der Waals surface area contributed by atoms with E-state index in [4.69, 9.17) is 0 Å². The van der Waals surface area contributed by atoms with Gasteiger partial charge < -0.3 is 0 Å². The molecule has 0 bridgehead atoms. The largest absolute Gasteiger partial charge is 0.0654 e. The van der Waals surface area contributed by atoms with Crippen molar-refractivity contribution in [1.82, 2.24) is 0 Å². The van der Waals surface area contributed by atoms with E-state index in [9.17, 15) is 0 Å². The topological polar surface area (TPSA) is 0 Å². The zero-order valence-corrected chi connectivity index (χ0v) is 9.68. The molecule has 0 amide bonds. The summed E-state index contributed by atoms with van der Waals surface area (Å²) in [6.45, 7) is 7.15. The Labute approximate surface area is 84.1 Å². The first-order valence-electron chi connectivity index (χ1n) is 6.29. The van der Waals surface area contributed by atoms with Crippen LogP contribution in [0.4, 0.5) is 0 Å². The van der Waals surface area contributed by atoms with Gasteiger partial charge in [-0.05, 0) is 17.8 Å². The normalized spacial score (nSPS) is 34.8. The summed E-state index contributed by atoms with van der Waals surface area (Å²) in [5.41, 5.74) is 0. The number of hydrogen-bond donors (Lipinski definition) is 0. The summed E-state index contributed by atoms with van der Waals surface area (Å²) in [6, 6.07) is 0. The van der Waals surface area contributed by atoms with E-state index in [0.29, 0.717) is 0 Å². The van der Waals surface area contributed by atoms with Gasteiger partial charge in [-0.2, -0.15) is 0 Å². The van der Waals surface area contributed by atoms with Crippen molar-refractivity contribution in [2.24, 2.45) is 17.8 Å². The Balaban J connectivity index is 2.46. The molecule has 0 heteroatoms. The lowest BCUT2D eigenvalue weighted by Crippen LogP contribution is -2.26. The molecule has 0 aliphatic heterocycles. The first-order chi connectivity index (χ1) is 6.29. The predicted molar refractivity (Wildman–Crippen MR) is 59.8 cm³/mol. The maximum absolute atomic E-state index is 2.47. The van der Waals surface area contributed by atoms with Crippen LogP contribution in [-0.2, 0) is 0 Å². The van der Waals surface area contributed by atoms with Gasteiger partial charge in [0.05, 0.1) is 0 Å². The third-order valence-electron chi connectivity index (χ3n) is 3.85. The van der Waals surface area contributed by atoms with Crippen molar-refractivity contribution in [2.45, 2.75) is 65.7 Å². The standard InChI is InChI=1S/C13H26/c1-4-7-12-10-6-9-11(3)13(12)8-5-2/h11-13H,4-10H2,1-3H3. The highest BCUT2D eigenvalue weighted by Crippen LogP contribution is 2.39. The van der Waals surface area contributed by atoms with Crippen LogP contribution in [0.15, 0.2) is 0 Å². The van der Waals surface area contributed by atoms with Crippen LogP contribution in [0.1, 0.15) is 65.7 Å². The molecule has 1 aliphatic rings. The molecule has 0 saturated heterocycles. The van der Waals surface area contributed by atoms with Gasteiger partial charge in [-0.1, -0.05) is 65.7 Å². The Morgan fingerprint density at radius 3 is 2.31 bits per heavy atom. The molecule has 0 spiro atoms. The van der Waals surface area contributed by atoms with Crippen molar-refractivity contribution < 1.29 is 0 Å². The molecule has 0 aromatic carbocycles. The van der Waals surface area contributed by atoms with E-state index in [1.165, 1.54) is 44.9 Å². The van der Waals surface area contributed by atoms with Gasteiger partial charge in [0.2, 0.25) is 0 Å². The van der Waals surface area contributed by atoms with Crippen LogP contribution in [0, 0.1) is 17.8 Å². The monoisotopic (exact) mass is 182 g/mol. The molecule has 13 heavy (non-hydrogen) atoms. The van der Waals surface area contributed by atoms with Crippen LogP contribution in [0.3, 0.4) is 0 Å². The minimum atomic E-state index is 1.00. The Bertz CT molecular complexity index is 126. The molecule has 0 aromatic rings. The molecular weight excluding hydrogens is 156 g/mol. The van der Waals surface area contributed by atoms with Crippen molar-refractivity contribution >= 4 is 0 Å². The van der Waals surface area contributed by atoms with Crippen molar-refractivity contribution in [2.75, 3.05) is 0 Å². The Morgan fingerprint density at radius 1 is 1.00 bits per heavy atom. The van der Waals surface area contributed by atoms with Crippen molar-refractivity contribution in [3.63, 3.8) is 0 Å². The summed E-state index contributed by atoms with van der Waals surface area (Å²) < 4.78 is 0. The van der Waals surface area contributed by atoms with Crippen LogP contribution in [0.2, 0.25) is 0 Å². The second kappa shape index (κ2) is 5.67. The van der Waals surface area contributed by atoms with Crippen LogP contribution >= 0.6 is 0 Å². The second-order valence-corrected chi connectivity index (χ2v) is 4.91. The molecule has 3 unspecified atom stereocenters. The smallest absolute Gasteiger partial charge is 0.0360 e. The second-order valence-electron chi connectivity index (χ2n) is 4.91. The lowest BCUT2D eigenvalue weighted by atomic mass is 9.69. The lowest BCUT2D eigenvalue weighted by molar-refractivity contribution is 0.144. The molecule has 1 aliphatic carbocycles. The van der Waals surface area contributed by atoms with E-state index in [-0.39, 0.29) is 0 Å². The van der Waals surface area contributed by atoms with E-state index < -0.39 is 0 Å². The summed E-state index contributed by atoms with van der Waals surface area (Å²) >= 11 is 0. The summed E-state index contributed by atoms with van der Waals surface area (Å²) in [4.78, 5) is 0. The van der Waals surface area contributed by atoms with Crippen molar-refractivity contribution in [3.05, 3.63) is 0 Å². The first-order valence-corrected chi connectivity index (χ1v) is 6.29. The molecule has 0 radical (unpaired) electrons. The zero-order chi connectivity index (χ0) is 9.68. The summed E-state index contributed by atoms with van der Waals surface area (Å²) in [5.74, 6) is 3.12. The van der Waals surface area contributed by atoms with Gasteiger partial charge in [0, 0.05) is 0 Å². The zero-order valence-electron chi connectivity index (χ0n) is 9.68. The molecule has 78 valence electrons. The molecule has 3 atom stereocenters. The average Bonchev–Trinajstić information content (AvgIpc) is 2.11. The Kier molecular flexibility index (Phi) is 4.83. The third kappa shape index (κ3) is 3.00. The highest BCUT2D eigenvalue weighted by atomic mass is 14.3. The molecule has 0 N–H and O–H groups in total. The fourth-order valence-corrected chi connectivity index (χ4v) is 3.18. The lowest BCUT2D eigenvalue weighted by Gasteiger charge is -2.36. The highest BCUT2D eigenvalue weighted by Gasteiger charge is 2.28. The molecule has 0 aromatic heterocycles. The average molecular weight is 182 g/mol. The number of hydrogen-bond acceptors (Lipinski definition) is 0. The highest BCUT2D eigenvalue weighted by molar-refractivity contribution is 4.79. The van der Waals surface area contributed by atoms with Crippen molar-refractivity contribution in [1.29, 1.82) is 0 Å². The van der Waals surface area contributed by atoms with Gasteiger partial charge in [-0.3, -0.25) is 0 Å². The van der Waals surface area contributed by atoms with Gasteiger partial charge in [0.15, 0.2) is 0 Å². The Hall–Kier alpha value is 0. The van der Waals surface area contributed by atoms with Gasteiger partial charge in [-0.15, -0.1) is 0 Å². The van der Waals surface area contributed by atoms with E-state index >= 15 is 0 Å². The number of rotatable bonds is 4. The van der Waals surface area contributed by atoms with E-state index in [1.54, 1.807) is 0 Å². The van der Waals surface area contributed by atoms with Crippen LogP contribution in [0.5, 0.6) is 0 Å². The van der Waals surface area contributed by atoms with E-state index in [1.807, 2.05) is 0 Å². The van der Waals surface area contributed by atoms with Gasteiger partial charge >= 0.3 is 0 Å². The SMILES string of the molecule is CCCC1CCCC(C)C1CCC. The summed E-state index contributed by atoms with van der Waals surface area (Å²) in [7, 11) is 0. The quantitative estimate of drug-likeness (QED) is 0.594. The molecule has 0 nitrogen and oxygen atoms in total. The van der Waals surface area contributed by atoms with Crippen LogP contribution in [0.25, 0.3) is 0 Å². The van der Waals surface area contributed by atoms with Gasteiger partial charge in [0.25, 0.3) is 0 Å². The van der Waals surface area contributed by atoms with Gasteiger partial charge in [-0.25, -0.2) is 0 Å². The fourth-order valence-electron chi connectivity index (χ4n) is 3.18. The molecular formula is C13H26. The third-order valence-corrected chi connectivity index (χ3v) is 3.85. The fraction of sp³-hybridized carbons (Fsp3) is 1.00. The van der Waals surface area contributed by atoms with Gasteiger partial charge in [0.1, 0.15) is 0 Å². The first kappa shape index (κ1) is 11.1. The summed E-state index contributed by atoms with van der Waals surface area (Å²) in [6.07, 6.45) is 10.2. The Morgan fingerprint density at radius 2 is 1.69 bits per heavy atom. The minimum Gasteiger partial charge on any atom is -0.0654 e. The summed E-state index contributed by atoms with van der Waals surface area (Å²) in [5, 5.41) is 0. The maximum atomic E-state index is 2.47. The molecule has 0 heterocycles.